The van der Waals surface area contributed by atoms with Crippen LogP contribution in [-0.2, 0) is 13.1 Å². The maximum Gasteiger partial charge on any atom is 0.269 e. The molecule has 3 heterocycles. The quantitative estimate of drug-likeness (QED) is 0.178. The van der Waals surface area contributed by atoms with Gasteiger partial charge in [0.1, 0.15) is 16.1 Å². The minimum atomic E-state index is 0.0735. The van der Waals surface area contributed by atoms with Crippen molar-refractivity contribution >= 4 is 46.1 Å². The van der Waals surface area contributed by atoms with E-state index in [1.165, 1.54) is 32.9 Å². The lowest BCUT2D eigenvalue weighted by Crippen LogP contribution is -2.37. The van der Waals surface area contributed by atoms with Gasteiger partial charge in [-0.05, 0) is 61.8 Å². The first kappa shape index (κ1) is 28.8. The summed E-state index contributed by atoms with van der Waals surface area (Å²) in [6.45, 7) is 8.90. The average molecular weight is 603 g/mol. The number of thiazole rings is 2. The molecule has 216 valence electrons. The number of aromatic nitrogens is 2. The SMILES string of the molecule is CCCn1c(=O)c(=CC=C2C=CN(CC)c3ccccc32)s/c1=C\c1sc(-c2ccccc2)c(-c2ccccc2)[n+]1CC. The Hall–Kier alpha value is -4.26. The molecule has 1 aliphatic rings. The zero-order valence-corrected chi connectivity index (χ0v) is 26.5. The fraction of sp³-hybridized carbons (Fsp3) is 0.189. The third-order valence-corrected chi connectivity index (χ3v) is 9.96. The van der Waals surface area contributed by atoms with E-state index in [0.29, 0.717) is 6.54 Å². The van der Waals surface area contributed by atoms with E-state index in [2.05, 4.69) is 140 Å². The molecule has 0 atom stereocenters. The van der Waals surface area contributed by atoms with Gasteiger partial charge in [0.2, 0.25) is 5.69 Å². The lowest BCUT2D eigenvalue weighted by Gasteiger charge is -2.26. The molecule has 5 aromatic rings. The van der Waals surface area contributed by atoms with Crippen molar-refractivity contribution in [3.8, 4) is 21.7 Å². The predicted octanol–water partition coefficient (Wildman–Crippen LogP) is 7.07. The van der Waals surface area contributed by atoms with Crippen LogP contribution >= 0.6 is 22.7 Å². The number of hydrogen-bond donors (Lipinski definition) is 0. The van der Waals surface area contributed by atoms with Crippen molar-refractivity contribution < 1.29 is 4.57 Å². The maximum absolute atomic E-state index is 13.7. The molecule has 2 aromatic heterocycles. The predicted molar refractivity (Wildman–Crippen MR) is 184 cm³/mol. The topological polar surface area (TPSA) is 29.1 Å². The minimum Gasteiger partial charge on any atom is -0.348 e. The summed E-state index contributed by atoms with van der Waals surface area (Å²) in [6.07, 6.45) is 11.5. The van der Waals surface area contributed by atoms with Crippen molar-refractivity contribution in [2.24, 2.45) is 0 Å². The maximum atomic E-state index is 13.7. The third-order valence-electron chi connectivity index (χ3n) is 7.70. The summed E-state index contributed by atoms with van der Waals surface area (Å²) in [5.74, 6) is 0. The molecular weight excluding hydrogens is 567 g/mol. The van der Waals surface area contributed by atoms with Crippen molar-refractivity contribution in [1.82, 2.24) is 4.57 Å². The molecule has 0 spiro atoms. The van der Waals surface area contributed by atoms with Crippen LogP contribution in [0, 0.1) is 0 Å². The lowest BCUT2D eigenvalue weighted by molar-refractivity contribution is -0.679. The van der Waals surface area contributed by atoms with Gasteiger partial charge in [-0.3, -0.25) is 9.36 Å². The zero-order chi connectivity index (χ0) is 29.8. The third kappa shape index (κ3) is 5.73. The molecule has 1 aliphatic heterocycles. The summed E-state index contributed by atoms with van der Waals surface area (Å²) in [4.78, 5) is 17.2. The van der Waals surface area contributed by atoms with Crippen LogP contribution < -0.4 is 24.2 Å². The van der Waals surface area contributed by atoms with Crippen molar-refractivity contribution in [2.75, 3.05) is 11.4 Å². The Morgan fingerprint density at radius 2 is 1.51 bits per heavy atom. The van der Waals surface area contributed by atoms with Gasteiger partial charge in [-0.25, -0.2) is 0 Å². The molecule has 0 unspecified atom stereocenters. The summed E-state index contributed by atoms with van der Waals surface area (Å²) in [5, 5.41) is 1.14. The fourth-order valence-electron chi connectivity index (χ4n) is 5.62. The molecule has 0 radical (unpaired) electrons. The molecule has 0 fully saturated rings. The van der Waals surface area contributed by atoms with Crippen molar-refractivity contribution in [1.29, 1.82) is 0 Å². The van der Waals surface area contributed by atoms with Crippen LogP contribution in [0.15, 0.2) is 108 Å². The highest BCUT2D eigenvalue weighted by Crippen LogP contribution is 2.36. The van der Waals surface area contributed by atoms with Gasteiger partial charge >= 0.3 is 0 Å². The summed E-state index contributed by atoms with van der Waals surface area (Å²) in [6, 6.07) is 29.7. The number of para-hydroxylation sites is 1. The Morgan fingerprint density at radius 1 is 0.814 bits per heavy atom. The Labute approximate surface area is 261 Å². The number of benzene rings is 3. The highest BCUT2D eigenvalue weighted by molar-refractivity contribution is 7.16. The first-order valence-electron chi connectivity index (χ1n) is 15.0. The first-order chi connectivity index (χ1) is 21.1. The van der Waals surface area contributed by atoms with Gasteiger partial charge < -0.3 is 4.90 Å². The molecule has 0 amide bonds. The molecular formula is C37H36N3OS2+. The number of rotatable bonds is 8. The molecule has 3 aromatic carbocycles. The van der Waals surface area contributed by atoms with Crippen LogP contribution in [0.25, 0.3) is 39.4 Å². The Balaban J connectivity index is 1.52. The van der Waals surface area contributed by atoms with Crippen molar-refractivity contribution in [2.45, 2.75) is 40.3 Å². The number of hydrogen-bond acceptors (Lipinski definition) is 4. The summed E-state index contributed by atoms with van der Waals surface area (Å²) in [5.41, 5.74) is 7.18. The van der Waals surface area contributed by atoms with E-state index in [1.54, 1.807) is 22.7 Å². The first-order valence-corrected chi connectivity index (χ1v) is 16.6. The fourth-order valence-corrected chi connectivity index (χ4v) is 8.00. The Morgan fingerprint density at radius 3 is 2.21 bits per heavy atom. The van der Waals surface area contributed by atoms with E-state index in [9.17, 15) is 4.79 Å². The van der Waals surface area contributed by atoms with Gasteiger partial charge in [0.05, 0.1) is 10.6 Å². The monoisotopic (exact) mass is 602 g/mol. The van der Waals surface area contributed by atoms with Crippen LogP contribution in [0.5, 0.6) is 0 Å². The molecule has 0 N–H and O–H groups in total. The zero-order valence-electron chi connectivity index (χ0n) is 24.9. The normalized spacial score (nSPS) is 14.6. The van der Waals surface area contributed by atoms with E-state index >= 15 is 0 Å². The van der Waals surface area contributed by atoms with Gasteiger partial charge in [-0.15, -0.1) is 11.3 Å². The van der Waals surface area contributed by atoms with Crippen LogP contribution in [0.2, 0.25) is 0 Å². The summed E-state index contributed by atoms with van der Waals surface area (Å²) in [7, 11) is 0. The highest BCUT2D eigenvalue weighted by atomic mass is 32.1. The Bertz CT molecular complexity index is 1980. The molecule has 0 bridgehead atoms. The minimum absolute atomic E-state index is 0.0735. The molecule has 0 aliphatic carbocycles. The van der Waals surface area contributed by atoms with Gasteiger partial charge in [0.15, 0.2) is 0 Å². The van der Waals surface area contributed by atoms with Gasteiger partial charge in [0.25, 0.3) is 10.6 Å². The van der Waals surface area contributed by atoms with Crippen LogP contribution in [0.4, 0.5) is 5.69 Å². The van der Waals surface area contributed by atoms with Crippen molar-refractivity contribution in [3.05, 3.63) is 133 Å². The van der Waals surface area contributed by atoms with E-state index in [-0.39, 0.29) is 5.56 Å². The highest BCUT2D eigenvalue weighted by Gasteiger charge is 2.27. The van der Waals surface area contributed by atoms with Crippen LogP contribution in [-0.4, -0.2) is 11.1 Å². The number of allylic oxidation sites excluding steroid dienone is 3. The smallest absolute Gasteiger partial charge is 0.269 e. The van der Waals surface area contributed by atoms with Crippen molar-refractivity contribution in [3.63, 3.8) is 0 Å². The molecule has 4 nitrogen and oxygen atoms in total. The molecule has 6 rings (SSSR count). The van der Waals surface area contributed by atoms with Gasteiger partial charge in [-0.1, -0.05) is 91.1 Å². The Kier molecular flexibility index (Phi) is 8.68. The molecule has 43 heavy (non-hydrogen) atoms. The van der Waals surface area contributed by atoms with E-state index < -0.39 is 0 Å². The number of nitrogens with zero attached hydrogens (tertiary/aromatic N) is 3. The number of anilines is 1. The second-order valence-electron chi connectivity index (χ2n) is 10.4. The average Bonchev–Trinajstić information content (AvgIpc) is 3.57. The summed E-state index contributed by atoms with van der Waals surface area (Å²) < 4.78 is 6.07. The van der Waals surface area contributed by atoms with Gasteiger partial charge in [0, 0.05) is 36.1 Å². The lowest BCUT2D eigenvalue weighted by atomic mass is 9.99. The molecule has 0 saturated heterocycles. The van der Waals surface area contributed by atoms with E-state index in [4.69, 9.17) is 0 Å². The molecule has 0 saturated carbocycles. The van der Waals surface area contributed by atoms with E-state index in [1.807, 2.05) is 10.6 Å². The largest absolute Gasteiger partial charge is 0.348 e. The summed E-state index contributed by atoms with van der Waals surface area (Å²) >= 11 is 3.36. The second kappa shape index (κ2) is 12.9. The van der Waals surface area contributed by atoms with Gasteiger partial charge in [-0.2, -0.15) is 4.57 Å². The second-order valence-corrected chi connectivity index (χ2v) is 12.5. The van der Waals surface area contributed by atoms with E-state index in [0.717, 1.165) is 39.3 Å². The molecule has 6 heteroatoms. The standard InChI is InChI=1S/C37H36N3OS2/c1-4-24-40-34(42-32(37(40)41)22-21-27-23-25-38(5-2)31-20-14-13-19-30(27)31)26-33-39(6-3)35(28-15-9-7-10-16-28)36(43-33)29-17-11-8-12-18-29/h7-23,25-26H,4-6,24H2,1-3H3/q+1. The number of fused-ring (bicyclic) bond motifs is 1. The van der Waals surface area contributed by atoms with Crippen LogP contribution in [0.1, 0.15) is 37.8 Å². The van der Waals surface area contributed by atoms with Crippen LogP contribution in [0.3, 0.4) is 0 Å².